The number of amides is 2. The number of likely N-dealkylation sites (N-methyl/N-ethyl adjacent to an activating group) is 1. The van der Waals surface area contributed by atoms with Gasteiger partial charge in [-0.1, -0.05) is 61.0 Å². The smallest absolute Gasteiger partial charge is 0.272 e. The lowest BCUT2D eigenvalue weighted by molar-refractivity contribution is -0.132. The van der Waals surface area contributed by atoms with Gasteiger partial charge in [-0.2, -0.15) is 0 Å². The molecule has 3 aromatic rings. The van der Waals surface area contributed by atoms with Crippen LogP contribution in [0.15, 0.2) is 77.8 Å². The van der Waals surface area contributed by atoms with Crippen molar-refractivity contribution in [2.75, 3.05) is 11.9 Å². The normalized spacial score (nSPS) is 17.8. The lowest BCUT2D eigenvalue weighted by atomic mass is 9.93. The second-order valence-corrected chi connectivity index (χ2v) is 9.50. The summed E-state index contributed by atoms with van der Waals surface area (Å²) in [5.41, 5.74) is 8.37. The summed E-state index contributed by atoms with van der Waals surface area (Å²) < 4.78 is 14.8. The maximum Gasteiger partial charge on any atom is 0.272 e. The van der Waals surface area contributed by atoms with Crippen molar-refractivity contribution in [2.24, 2.45) is 16.6 Å². The molecule has 4 N–H and O–H groups in total. The van der Waals surface area contributed by atoms with Crippen LogP contribution >= 0.6 is 11.6 Å². The number of anilines is 1. The first-order chi connectivity index (χ1) is 17.7. The number of nitrogens with one attached hydrogen (secondary N) is 1. The minimum atomic E-state index is -1.36. The maximum atomic E-state index is 14.8. The standard InChI is InChI=1S/C28H28ClFN4O3/c1-16(25(35)22(31)14-17-8-4-3-5-9-17)27(36)33-26-28(37)34(2)23-13-12-18(29)15-20(23)24(32-26)19-10-6-7-11-21(19)30/h3-13,15-16,22,25-26,35H,14,31H2,1-2H3,(H,33,36)/t16-,22+,25-,26?/m1/s1. The zero-order valence-electron chi connectivity index (χ0n) is 20.4. The van der Waals surface area contributed by atoms with Crippen LogP contribution in [0.4, 0.5) is 10.1 Å². The van der Waals surface area contributed by atoms with Crippen LogP contribution in [0, 0.1) is 11.7 Å². The van der Waals surface area contributed by atoms with Crippen molar-refractivity contribution in [3.05, 3.63) is 100 Å². The number of carbonyl (C=O) groups excluding carboxylic acids is 2. The zero-order chi connectivity index (χ0) is 26.7. The van der Waals surface area contributed by atoms with E-state index in [4.69, 9.17) is 17.3 Å². The number of aliphatic imine (C=N–C) groups is 1. The van der Waals surface area contributed by atoms with Crippen molar-refractivity contribution in [3.8, 4) is 0 Å². The molecule has 1 aliphatic heterocycles. The molecule has 0 aliphatic carbocycles. The molecular weight excluding hydrogens is 495 g/mol. The van der Waals surface area contributed by atoms with Gasteiger partial charge >= 0.3 is 0 Å². The summed E-state index contributed by atoms with van der Waals surface area (Å²) >= 11 is 6.23. The van der Waals surface area contributed by atoms with Crippen LogP contribution in [-0.4, -0.2) is 48.0 Å². The molecule has 3 aromatic carbocycles. The summed E-state index contributed by atoms with van der Waals surface area (Å²) in [6.07, 6.45) is -2.17. The van der Waals surface area contributed by atoms with E-state index in [1.54, 1.807) is 43.4 Å². The summed E-state index contributed by atoms with van der Waals surface area (Å²) in [5.74, 6) is -2.61. The average Bonchev–Trinajstić information content (AvgIpc) is 2.99. The zero-order valence-corrected chi connectivity index (χ0v) is 21.2. The van der Waals surface area contributed by atoms with E-state index in [1.165, 1.54) is 17.9 Å². The predicted octanol–water partition coefficient (Wildman–Crippen LogP) is 3.30. The highest BCUT2D eigenvalue weighted by Crippen LogP contribution is 2.30. The van der Waals surface area contributed by atoms with E-state index < -0.39 is 41.9 Å². The lowest BCUT2D eigenvalue weighted by Gasteiger charge is -2.26. The fourth-order valence-electron chi connectivity index (χ4n) is 4.31. The summed E-state index contributed by atoms with van der Waals surface area (Å²) in [6.45, 7) is 1.53. The van der Waals surface area contributed by atoms with E-state index in [2.05, 4.69) is 10.3 Å². The first-order valence-electron chi connectivity index (χ1n) is 11.9. The summed E-state index contributed by atoms with van der Waals surface area (Å²) in [5, 5.41) is 13.8. The van der Waals surface area contributed by atoms with Crippen LogP contribution in [0.1, 0.15) is 23.6 Å². The van der Waals surface area contributed by atoms with Crippen LogP contribution < -0.4 is 16.0 Å². The quantitative estimate of drug-likeness (QED) is 0.442. The van der Waals surface area contributed by atoms with E-state index >= 15 is 0 Å². The number of hydrogen-bond donors (Lipinski definition) is 3. The van der Waals surface area contributed by atoms with Crippen LogP contribution in [0.3, 0.4) is 0 Å². The Kier molecular flexibility index (Phi) is 8.02. The molecule has 2 amide bonds. The van der Waals surface area contributed by atoms with Gasteiger partial charge < -0.3 is 21.1 Å². The molecule has 0 spiro atoms. The molecule has 1 heterocycles. The number of halogens is 2. The van der Waals surface area contributed by atoms with Gasteiger partial charge in [0.05, 0.1) is 23.4 Å². The van der Waals surface area contributed by atoms with Crippen molar-refractivity contribution in [1.29, 1.82) is 0 Å². The second-order valence-electron chi connectivity index (χ2n) is 9.06. The van der Waals surface area contributed by atoms with E-state index in [9.17, 15) is 19.1 Å². The van der Waals surface area contributed by atoms with Gasteiger partial charge in [0.15, 0.2) is 0 Å². The maximum absolute atomic E-state index is 14.8. The van der Waals surface area contributed by atoms with Crippen molar-refractivity contribution in [3.63, 3.8) is 0 Å². The first-order valence-corrected chi connectivity index (χ1v) is 12.2. The molecule has 4 atom stereocenters. The average molecular weight is 523 g/mol. The molecule has 1 unspecified atom stereocenters. The van der Waals surface area contributed by atoms with Crippen LogP contribution in [0.2, 0.25) is 5.02 Å². The lowest BCUT2D eigenvalue weighted by Crippen LogP contribution is -2.51. The molecule has 37 heavy (non-hydrogen) atoms. The van der Waals surface area contributed by atoms with Gasteiger partial charge in [-0.25, -0.2) is 9.38 Å². The Labute approximate surface area is 219 Å². The van der Waals surface area contributed by atoms with Crippen LogP contribution in [-0.2, 0) is 16.0 Å². The molecule has 0 radical (unpaired) electrons. The largest absolute Gasteiger partial charge is 0.391 e. The predicted molar refractivity (Wildman–Crippen MR) is 142 cm³/mol. The summed E-state index contributed by atoms with van der Waals surface area (Å²) in [7, 11) is 1.54. The van der Waals surface area contributed by atoms with Gasteiger partial charge in [-0.05, 0) is 42.3 Å². The van der Waals surface area contributed by atoms with E-state index in [1.807, 2.05) is 30.3 Å². The van der Waals surface area contributed by atoms with Crippen molar-refractivity contribution >= 4 is 34.8 Å². The number of aliphatic hydroxyl groups excluding tert-OH is 1. The Balaban J connectivity index is 1.63. The summed E-state index contributed by atoms with van der Waals surface area (Å²) in [6, 6.07) is 19.6. The topological polar surface area (TPSA) is 108 Å². The Hall–Kier alpha value is -3.59. The Morgan fingerprint density at radius 3 is 2.51 bits per heavy atom. The monoisotopic (exact) mass is 522 g/mol. The highest BCUT2D eigenvalue weighted by Gasteiger charge is 2.35. The number of nitrogens with two attached hydrogens (primary N) is 1. The highest BCUT2D eigenvalue weighted by atomic mass is 35.5. The number of benzene rings is 3. The number of rotatable bonds is 7. The molecule has 4 rings (SSSR count). The number of fused-ring (bicyclic) bond motifs is 1. The van der Waals surface area contributed by atoms with E-state index in [0.29, 0.717) is 22.7 Å². The fourth-order valence-corrected chi connectivity index (χ4v) is 4.48. The molecule has 192 valence electrons. The summed E-state index contributed by atoms with van der Waals surface area (Å²) in [4.78, 5) is 32.3. The molecule has 0 aromatic heterocycles. The van der Waals surface area contributed by atoms with Crippen molar-refractivity contribution in [2.45, 2.75) is 31.7 Å². The third-order valence-electron chi connectivity index (χ3n) is 6.48. The van der Waals surface area contributed by atoms with Crippen LogP contribution in [0.25, 0.3) is 0 Å². The Morgan fingerprint density at radius 1 is 1.14 bits per heavy atom. The minimum Gasteiger partial charge on any atom is -0.391 e. The number of aliphatic hydroxyl groups is 1. The van der Waals surface area contributed by atoms with Gasteiger partial charge in [0.25, 0.3) is 5.91 Å². The molecule has 0 saturated carbocycles. The van der Waals surface area contributed by atoms with Crippen molar-refractivity contribution in [1.82, 2.24) is 5.32 Å². The molecule has 7 nitrogen and oxygen atoms in total. The van der Waals surface area contributed by atoms with Crippen molar-refractivity contribution < 1.29 is 19.1 Å². The Bertz CT molecular complexity index is 1330. The SMILES string of the molecule is C[C@@H](C(=O)NC1N=C(c2ccccc2F)c2cc(Cl)ccc2N(C)C1=O)[C@@H](O)[C@@H](N)Cc1ccccc1. The third kappa shape index (κ3) is 5.72. The number of nitrogens with zero attached hydrogens (tertiary/aromatic N) is 2. The second kappa shape index (κ2) is 11.2. The fraction of sp³-hybridized carbons (Fsp3) is 0.250. The highest BCUT2D eigenvalue weighted by molar-refractivity contribution is 6.32. The molecular formula is C28H28ClFN4O3. The molecule has 0 fully saturated rings. The van der Waals surface area contributed by atoms with Gasteiger partial charge in [-0.3, -0.25) is 9.59 Å². The first kappa shape index (κ1) is 26.5. The minimum absolute atomic E-state index is 0.159. The number of benzodiazepines with no additional fused rings is 1. The van der Waals surface area contributed by atoms with E-state index in [0.717, 1.165) is 5.56 Å². The molecule has 9 heteroatoms. The molecule has 1 aliphatic rings. The molecule has 0 bridgehead atoms. The Morgan fingerprint density at radius 2 is 1.81 bits per heavy atom. The van der Waals surface area contributed by atoms with Gasteiger partial charge in [-0.15, -0.1) is 0 Å². The van der Waals surface area contributed by atoms with E-state index in [-0.39, 0.29) is 11.3 Å². The molecule has 0 saturated heterocycles. The van der Waals surface area contributed by atoms with Crippen LogP contribution in [0.5, 0.6) is 0 Å². The van der Waals surface area contributed by atoms with Gasteiger partial charge in [0.1, 0.15) is 5.82 Å². The van der Waals surface area contributed by atoms with Gasteiger partial charge in [0, 0.05) is 29.2 Å². The van der Waals surface area contributed by atoms with Gasteiger partial charge in [0.2, 0.25) is 12.1 Å². The third-order valence-corrected chi connectivity index (χ3v) is 6.72. The number of carbonyl (C=O) groups is 2. The number of hydrogen-bond acceptors (Lipinski definition) is 5.